The Morgan fingerprint density at radius 2 is 2.16 bits per heavy atom. The molecular weight excluding hydrogens is 268 g/mol. The summed E-state index contributed by atoms with van der Waals surface area (Å²) in [6.07, 6.45) is 1.33. The van der Waals surface area contributed by atoms with E-state index >= 15 is 0 Å². The number of hydrogen-bond donors (Lipinski definition) is 2. The van der Waals surface area contributed by atoms with Crippen molar-refractivity contribution in [2.75, 3.05) is 25.4 Å². The number of anilines is 1. The molecule has 2 amide bonds. The maximum atomic E-state index is 12.3. The van der Waals surface area contributed by atoms with Gasteiger partial charge in [-0.05, 0) is 19.9 Å². The molecule has 0 aromatic carbocycles. The Morgan fingerprint density at radius 1 is 1.47 bits per heavy atom. The number of nitrogen functional groups attached to an aromatic ring is 1. The lowest BCUT2D eigenvalue weighted by Gasteiger charge is -2.21. The highest BCUT2D eigenvalue weighted by molar-refractivity contribution is 6.29. The van der Waals surface area contributed by atoms with Crippen molar-refractivity contribution < 1.29 is 9.59 Å². The van der Waals surface area contributed by atoms with E-state index in [0.717, 1.165) is 0 Å². The first-order valence-corrected chi connectivity index (χ1v) is 6.34. The van der Waals surface area contributed by atoms with Gasteiger partial charge in [0.1, 0.15) is 5.15 Å². The molecule has 1 aromatic heterocycles. The first kappa shape index (κ1) is 15.2. The molecule has 0 aliphatic heterocycles. The van der Waals surface area contributed by atoms with E-state index in [2.05, 4.69) is 10.3 Å². The first-order chi connectivity index (χ1) is 8.99. The maximum Gasteiger partial charge on any atom is 0.256 e. The van der Waals surface area contributed by atoms with Crippen LogP contribution in [0.15, 0.2) is 12.3 Å². The lowest BCUT2D eigenvalue weighted by Crippen LogP contribution is -2.40. The smallest absolute Gasteiger partial charge is 0.256 e. The summed E-state index contributed by atoms with van der Waals surface area (Å²) in [5, 5.41) is 2.83. The van der Waals surface area contributed by atoms with Crippen molar-refractivity contribution in [1.29, 1.82) is 0 Å². The third kappa shape index (κ3) is 4.10. The van der Waals surface area contributed by atoms with Gasteiger partial charge in [0.25, 0.3) is 5.91 Å². The van der Waals surface area contributed by atoms with Crippen LogP contribution >= 0.6 is 11.6 Å². The second-order valence-corrected chi connectivity index (χ2v) is 4.25. The average Bonchev–Trinajstić information content (AvgIpc) is 2.38. The average molecular weight is 285 g/mol. The SMILES string of the molecule is CCNC(=O)CN(CC)C(=O)c1cc(Cl)ncc1N. The minimum Gasteiger partial charge on any atom is -0.397 e. The highest BCUT2D eigenvalue weighted by Crippen LogP contribution is 2.17. The minimum atomic E-state index is -0.337. The van der Waals surface area contributed by atoms with Gasteiger partial charge in [-0.2, -0.15) is 0 Å². The van der Waals surface area contributed by atoms with Crippen LogP contribution in [0.3, 0.4) is 0 Å². The third-order valence-corrected chi connectivity index (χ3v) is 2.72. The predicted molar refractivity (Wildman–Crippen MR) is 73.9 cm³/mol. The molecule has 1 heterocycles. The molecule has 0 saturated carbocycles. The second-order valence-electron chi connectivity index (χ2n) is 3.87. The van der Waals surface area contributed by atoms with Crippen molar-refractivity contribution in [3.8, 4) is 0 Å². The number of carbonyl (C=O) groups is 2. The molecule has 0 fully saturated rings. The van der Waals surface area contributed by atoms with Crippen LogP contribution in [0.25, 0.3) is 0 Å². The van der Waals surface area contributed by atoms with Crippen LogP contribution in [-0.4, -0.2) is 41.3 Å². The lowest BCUT2D eigenvalue weighted by molar-refractivity contribution is -0.121. The monoisotopic (exact) mass is 284 g/mol. The molecule has 104 valence electrons. The molecule has 0 aliphatic carbocycles. The number of rotatable bonds is 5. The number of nitrogens with two attached hydrogens (primary N) is 1. The molecule has 0 bridgehead atoms. The summed E-state index contributed by atoms with van der Waals surface area (Å²) in [6.45, 7) is 4.51. The highest BCUT2D eigenvalue weighted by Gasteiger charge is 2.19. The standard InChI is InChI=1S/C12H17ClN4O2/c1-3-15-11(18)7-17(4-2)12(19)8-5-10(13)16-6-9(8)14/h5-6H,3-4,7,14H2,1-2H3,(H,15,18). The minimum absolute atomic E-state index is 0.0114. The molecule has 0 spiro atoms. The van der Waals surface area contributed by atoms with Crippen LogP contribution in [-0.2, 0) is 4.79 Å². The van der Waals surface area contributed by atoms with Gasteiger partial charge >= 0.3 is 0 Å². The van der Waals surface area contributed by atoms with Crippen molar-refractivity contribution in [3.63, 3.8) is 0 Å². The Hall–Kier alpha value is -1.82. The number of carbonyl (C=O) groups excluding carboxylic acids is 2. The van der Waals surface area contributed by atoms with E-state index in [4.69, 9.17) is 17.3 Å². The normalized spacial score (nSPS) is 10.1. The third-order valence-electron chi connectivity index (χ3n) is 2.51. The molecule has 1 rings (SSSR count). The number of nitrogens with zero attached hydrogens (tertiary/aromatic N) is 2. The molecule has 0 unspecified atom stereocenters. The number of halogens is 1. The zero-order valence-corrected chi connectivity index (χ0v) is 11.7. The fourth-order valence-electron chi connectivity index (χ4n) is 1.55. The van der Waals surface area contributed by atoms with E-state index in [1.807, 2.05) is 6.92 Å². The summed E-state index contributed by atoms with van der Waals surface area (Å²) in [5.74, 6) is -0.549. The van der Waals surface area contributed by atoms with Crippen molar-refractivity contribution in [2.45, 2.75) is 13.8 Å². The molecule has 6 nitrogen and oxygen atoms in total. The maximum absolute atomic E-state index is 12.3. The van der Waals surface area contributed by atoms with Gasteiger partial charge in [0.15, 0.2) is 0 Å². The zero-order valence-electron chi connectivity index (χ0n) is 10.9. The number of amides is 2. The predicted octanol–water partition coefficient (Wildman–Crippen LogP) is 0.915. The molecular formula is C12H17ClN4O2. The van der Waals surface area contributed by atoms with E-state index in [-0.39, 0.29) is 34.8 Å². The Balaban J connectivity index is 2.89. The van der Waals surface area contributed by atoms with Crippen LogP contribution < -0.4 is 11.1 Å². The summed E-state index contributed by atoms with van der Waals surface area (Å²) in [6, 6.07) is 1.40. The molecule has 0 aliphatic rings. The van der Waals surface area contributed by atoms with Gasteiger partial charge in [-0.15, -0.1) is 0 Å². The summed E-state index contributed by atoms with van der Waals surface area (Å²) < 4.78 is 0. The molecule has 0 saturated heterocycles. The quantitative estimate of drug-likeness (QED) is 0.787. The molecule has 7 heteroatoms. The number of nitrogens with one attached hydrogen (secondary N) is 1. The first-order valence-electron chi connectivity index (χ1n) is 5.96. The summed E-state index contributed by atoms with van der Waals surface area (Å²) in [4.78, 5) is 29.0. The van der Waals surface area contributed by atoms with Gasteiger partial charge in [-0.25, -0.2) is 4.98 Å². The molecule has 3 N–H and O–H groups in total. The van der Waals surface area contributed by atoms with Gasteiger partial charge in [-0.3, -0.25) is 9.59 Å². The van der Waals surface area contributed by atoms with Crippen LogP contribution in [0.1, 0.15) is 24.2 Å². The van der Waals surface area contributed by atoms with Crippen molar-refractivity contribution in [2.24, 2.45) is 0 Å². The molecule has 19 heavy (non-hydrogen) atoms. The van der Waals surface area contributed by atoms with E-state index < -0.39 is 0 Å². The topological polar surface area (TPSA) is 88.3 Å². The van der Waals surface area contributed by atoms with E-state index in [1.165, 1.54) is 17.2 Å². The van der Waals surface area contributed by atoms with Gasteiger partial charge in [0, 0.05) is 13.1 Å². The number of pyridine rings is 1. The van der Waals surface area contributed by atoms with Crippen LogP contribution in [0, 0.1) is 0 Å². The van der Waals surface area contributed by atoms with E-state index in [1.54, 1.807) is 6.92 Å². The van der Waals surface area contributed by atoms with Crippen LogP contribution in [0.5, 0.6) is 0 Å². The van der Waals surface area contributed by atoms with Gasteiger partial charge < -0.3 is 16.0 Å². The van der Waals surface area contributed by atoms with E-state index in [9.17, 15) is 9.59 Å². The fourth-order valence-corrected chi connectivity index (χ4v) is 1.71. The molecule has 0 atom stereocenters. The number of hydrogen-bond acceptors (Lipinski definition) is 4. The Labute approximate surface area is 116 Å². The Morgan fingerprint density at radius 3 is 2.74 bits per heavy atom. The zero-order chi connectivity index (χ0) is 14.4. The molecule has 1 aromatic rings. The van der Waals surface area contributed by atoms with Gasteiger partial charge in [0.05, 0.1) is 24.0 Å². The van der Waals surface area contributed by atoms with Gasteiger partial charge in [-0.1, -0.05) is 11.6 Å². The summed E-state index contributed by atoms with van der Waals surface area (Å²) >= 11 is 5.75. The summed E-state index contributed by atoms with van der Waals surface area (Å²) in [5.41, 5.74) is 6.20. The molecule has 0 radical (unpaired) electrons. The van der Waals surface area contributed by atoms with E-state index in [0.29, 0.717) is 13.1 Å². The Kier molecular flexibility index (Phi) is 5.57. The number of aromatic nitrogens is 1. The lowest BCUT2D eigenvalue weighted by atomic mass is 10.2. The van der Waals surface area contributed by atoms with Crippen LogP contribution in [0.4, 0.5) is 5.69 Å². The summed E-state index contributed by atoms with van der Waals surface area (Å²) in [7, 11) is 0. The largest absolute Gasteiger partial charge is 0.397 e. The van der Waals surface area contributed by atoms with Crippen LogP contribution in [0.2, 0.25) is 5.15 Å². The fraction of sp³-hybridized carbons (Fsp3) is 0.417. The van der Waals surface area contributed by atoms with Crippen molar-refractivity contribution in [1.82, 2.24) is 15.2 Å². The second kappa shape index (κ2) is 6.94. The van der Waals surface area contributed by atoms with Crippen molar-refractivity contribution in [3.05, 3.63) is 23.0 Å². The van der Waals surface area contributed by atoms with Gasteiger partial charge in [0.2, 0.25) is 5.91 Å². The van der Waals surface area contributed by atoms with Crippen molar-refractivity contribution >= 4 is 29.1 Å². The Bertz CT molecular complexity index is 479. The highest BCUT2D eigenvalue weighted by atomic mass is 35.5. The number of likely N-dealkylation sites (N-methyl/N-ethyl adjacent to an activating group) is 2.